The lowest BCUT2D eigenvalue weighted by molar-refractivity contribution is 0.426. The number of hydrogen-bond acceptors (Lipinski definition) is 4. The molecule has 0 saturated carbocycles. The largest absolute Gasteiger partial charge is 0.489 e. The predicted molar refractivity (Wildman–Crippen MR) is 92.0 cm³/mol. The summed E-state index contributed by atoms with van der Waals surface area (Å²) in [4.78, 5) is 0. The number of nitrogens with one attached hydrogen (secondary N) is 2. The van der Waals surface area contributed by atoms with E-state index in [0.717, 1.165) is 31.6 Å². The summed E-state index contributed by atoms with van der Waals surface area (Å²) >= 11 is 5.93. The highest BCUT2D eigenvalue weighted by Crippen LogP contribution is 2.09. The van der Waals surface area contributed by atoms with E-state index in [-0.39, 0.29) is 0 Å². The summed E-state index contributed by atoms with van der Waals surface area (Å²) in [5, 5.41) is 24.8. The quantitative estimate of drug-likeness (QED) is 0.348. The van der Waals surface area contributed by atoms with Gasteiger partial charge in [0.05, 0.1) is 0 Å². The number of allylic oxidation sites excluding steroid dienone is 1. The lowest BCUT2D eigenvalue weighted by atomic mass is 9.80. The summed E-state index contributed by atoms with van der Waals surface area (Å²) in [6, 6.07) is 5.23. The third-order valence-electron chi connectivity index (χ3n) is 2.45. The van der Waals surface area contributed by atoms with Crippen molar-refractivity contribution in [3.63, 3.8) is 0 Å². The van der Waals surface area contributed by atoms with Crippen LogP contribution in [0.1, 0.15) is 25.8 Å². The van der Waals surface area contributed by atoms with E-state index in [2.05, 4.69) is 17.2 Å². The molecule has 0 spiro atoms. The zero-order valence-electron chi connectivity index (χ0n) is 13.1. The Morgan fingerprint density at radius 2 is 1.90 bits per heavy atom. The van der Waals surface area contributed by atoms with Crippen molar-refractivity contribution in [2.24, 2.45) is 0 Å². The summed E-state index contributed by atoms with van der Waals surface area (Å²) in [6.07, 6.45) is 1.07. The first-order chi connectivity index (χ1) is 9.88. The van der Waals surface area contributed by atoms with E-state index in [9.17, 15) is 0 Å². The van der Waals surface area contributed by atoms with Gasteiger partial charge < -0.3 is 20.7 Å². The van der Waals surface area contributed by atoms with Gasteiger partial charge in [-0.05, 0) is 52.0 Å². The SMILES string of the molecule is C=C(C)C.CNCCCNCc1ccc(B(O)O)c(Cl)c1. The van der Waals surface area contributed by atoms with Gasteiger partial charge in [-0.2, -0.15) is 0 Å². The van der Waals surface area contributed by atoms with E-state index >= 15 is 0 Å². The molecule has 4 N–H and O–H groups in total. The topological polar surface area (TPSA) is 64.5 Å². The highest BCUT2D eigenvalue weighted by molar-refractivity contribution is 6.62. The minimum absolute atomic E-state index is 0.339. The molecule has 118 valence electrons. The Bertz CT molecular complexity index is 424. The van der Waals surface area contributed by atoms with Crippen LogP contribution < -0.4 is 16.1 Å². The molecule has 0 bridgehead atoms. The molecule has 0 saturated heterocycles. The summed E-state index contributed by atoms with van der Waals surface area (Å²) in [6.45, 7) is 10.2. The molecule has 21 heavy (non-hydrogen) atoms. The van der Waals surface area contributed by atoms with Crippen LogP contribution in [0.2, 0.25) is 5.02 Å². The maximum Gasteiger partial charge on any atom is 0.489 e. The minimum Gasteiger partial charge on any atom is -0.423 e. The summed E-state index contributed by atoms with van der Waals surface area (Å²) < 4.78 is 0. The van der Waals surface area contributed by atoms with Crippen LogP contribution in [0.5, 0.6) is 0 Å². The Morgan fingerprint density at radius 1 is 1.29 bits per heavy atom. The Labute approximate surface area is 133 Å². The first-order valence-electron chi connectivity index (χ1n) is 7.00. The first-order valence-corrected chi connectivity index (χ1v) is 7.38. The van der Waals surface area contributed by atoms with Crippen molar-refractivity contribution in [2.45, 2.75) is 26.8 Å². The third kappa shape index (κ3) is 10.5. The molecule has 4 nitrogen and oxygen atoms in total. The minimum atomic E-state index is -1.51. The van der Waals surface area contributed by atoms with Crippen LogP contribution >= 0.6 is 11.6 Å². The van der Waals surface area contributed by atoms with Crippen molar-refractivity contribution in [3.8, 4) is 0 Å². The monoisotopic (exact) mass is 312 g/mol. The van der Waals surface area contributed by atoms with Crippen LogP contribution in [0.15, 0.2) is 30.4 Å². The van der Waals surface area contributed by atoms with Gasteiger partial charge in [0.15, 0.2) is 0 Å². The van der Waals surface area contributed by atoms with Crippen LogP contribution in [-0.2, 0) is 6.54 Å². The Balaban J connectivity index is 0.000000885. The van der Waals surface area contributed by atoms with Crippen molar-refractivity contribution in [1.29, 1.82) is 0 Å². The van der Waals surface area contributed by atoms with Gasteiger partial charge >= 0.3 is 7.12 Å². The molecular formula is C15H26BClN2O2. The molecule has 6 heteroatoms. The van der Waals surface area contributed by atoms with E-state index in [0.29, 0.717) is 10.5 Å². The molecule has 1 aromatic carbocycles. The molecule has 0 aliphatic heterocycles. The third-order valence-corrected chi connectivity index (χ3v) is 2.78. The van der Waals surface area contributed by atoms with Crippen molar-refractivity contribution >= 4 is 24.2 Å². The van der Waals surface area contributed by atoms with Gasteiger partial charge in [0.2, 0.25) is 0 Å². The fraction of sp³-hybridized carbons (Fsp3) is 0.467. The van der Waals surface area contributed by atoms with E-state index < -0.39 is 7.12 Å². The van der Waals surface area contributed by atoms with Gasteiger partial charge in [-0.3, -0.25) is 0 Å². The fourth-order valence-corrected chi connectivity index (χ4v) is 1.81. The molecule has 0 fully saturated rings. The van der Waals surface area contributed by atoms with Gasteiger partial charge in [0.25, 0.3) is 0 Å². The number of benzene rings is 1. The molecule has 0 aliphatic carbocycles. The van der Waals surface area contributed by atoms with Crippen molar-refractivity contribution < 1.29 is 10.0 Å². The molecule has 1 aromatic rings. The van der Waals surface area contributed by atoms with E-state index in [1.165, 1.54) is 5.57 Å². The summed E-state index contributed by atoms with van der Waals surface area (Å²) in [7, 11) is 0.416. The zero-order chi connectivity index (χ0) is 16.3. The van der Waals surface area contributed by atoms with E-state index in [1.54, 1.807) is 12.1 Å². The first kappa shape index (κ1) is 20.2. The van der Waals surface area contributed by atoms with Crippen LogP contribution in [0.4, 0.5) is 0 Å². The van der Waals surface area contributed by atoms with E-state index in [4.69, 9.17) is 21.6 Å². The Morgan fingerprint density at radius 3 is 2.38 bits per heavy atom. The maximum absolute atomic E-state index is 9.02. The lowest BCUT2D eigenvalue weighted by Gasteiger charge is -2.08. The van der Waals surface area contributed by atoms with Crippen molar-refractivity contribution in [2.75, 3.05) is 20.1 Å². The van der Waals surface area contributed by atoms with Gasteiger partial charge in [0.1, 0.15) is 0 Å². The second-order valence-electron chi connectivity index (χ2n) is 5.07. The van der Waals surface area contributed by atoms with Crippen molar-refractivity contribution in [1.82, 2.24) is 10.6 Å². The average molecular weight is 313 g/mol. The smallest absolute Gasteiger partial charge is 0.423 e. The summed E-state index contributed by atoms with van der Waals surface area (Å²) in [5.74, 6) is 0. The van der Waals surface area contributed by atoms with Crippen LogP contribution in [-0.4, -0.2) is 37.3 Å². The highest BCUT2D eigenvalue weighted by Gasteiger charge is 2.14. The number of halogens is 1. The molecule has 0 heterocycles. The predicted octanol–water partition coefficient (Wildman–Crippen LogP) is 1.30. The molecular weight excluding hydrogens is 286 g/mol. The number of rotatable bonds is 7. The molecule has 0 aromatic heterocycles. The number of hydrogen-bond donors (Lipinski definition) is 4. The molecule has 0 aliphatic rings. The second kappa shape index (κ2) is 11.8. The van der Waals surface area contributed by atoms with E-state index in [1.807, 2.05) is 27.0 Å². The lowest BCUT2D eigenvalue weighted by Crippen LogP contribution is -2.31. The summed E-state index contributed by atoms with van der Waals surface area (Å²) in [5.41, 5.74) is 2.54. The average Bonchev–Trinajstić information content (AvgIpc) is 2.37. The standard InChI is InChI=1S/C11H18BClN2O2.C4H8/c1-14-5-2-6-15-8-9-3-4-10(12(16)17)11(13)7-9;1-4(2)3/h3-4,7,14-17H,2,5-6,8H2,1H3;1H2,2-3H3. The second-order valence-corrected chi connectivity index (χ2v) is 5.48. The van der Waals surface area contributed by atoms with Gasteiger partial charge in [-0.25, -0.2) is 0 Å². The van der Waals surface area contributed by atoms with Crippen LogP contribution in [0.3, 0.4) is 0 Å². The molecule has 0 atom stereocenters. The van der Waals surface area contributed by atoms with Crippen molar-refractivity contribution in [3.05, 3.63) is 40.9 Å². The van der Waals surface area contributed by atoms with Gasteiger partial charge in [-0.15, -0.1) is 6.58 Å². The molecule has 0 amide bonds. The van der Waals surface area contributed by atoms with Gasteiger partial charge in [0, 0.05) is 17.0 Å². The zero-order valence-corrected chi connectivity index (χ0v) is 13.9. The Kier molecular flexibility index (Phi) is 11.3. The van der Waals surface area contributed by atoms with Crippen LogP contribution in [0.25, 0.3) is 0 Å². The fourth-order valence-electron chi connectivity index (χ4n) is 1.51. The normalized spacial score (nSPS) is 9.81. The molecule has 1 rings (SSSR count). The molecule has 0 unspecified atom stereocenters. The Hall–Kier alpha value is -0.845. The highest BCUT2D eigenvalue weighted by atomic mass is 35.5. The maximum atomic E-state index is 9.02. The van der Waals surface area contributed by atoms with Crippen LogP contribution in [0, 0.1) is 0 Å². The molecule has 0 radical (unpaired) electrons. The van der Waals surface area contributed by atoms with Gasteiger partial charge in [-0.1, -0.05) is 29.3 Å².